The molecule has 62 valence electrons. The van der Waals surface area contributed by atoms with E-state index < -0.39 is 0 Å². The Morgan fingerprint density at radius 1 is 1.75 bits per heavy atom. The van der Waals surface area contributed by atoms with Crippen molar-refractivity contribution in [1.29, 1.82) is 0 Å². The summed E-state index contributed by atoms with van der Waals surface area (Å²) in [6.45, 7) is 0.177. The van der Waals surface area contributed by atoms with E-state index in [2.05, 4.69) is 10.0 Å². The number of azide groups is 1. The molecule has 1 aromatic heterocycles. The van der Waals surface area contributed by atoms with Crippen molar-refractivity contribution in [2.75, 3.05) is 6.54 Å². The number of rotatable bonds is 4. The first-order valence-electron chi connectivity index (χ1n) is 3.42. The Labute approximate surface area is 68.6 Å². The van der Waals surface area contributed by atoms with Crippen LogP contribution in [0.4, 0.5) is 0 Å². The van der Waals surface area contributed by atoms with Gasteiger partial charge in [0.15, 0.2) is 11.5 Å². The summed E-state index contributed by atoms with van der Waals surface area (Å²) in [4.78, 5) is 13.6. The summed E-state index contributed by atoms with van der Waals surface area (Å²) >= 11 is 0. The van der Waals surface area contributed by atoms with Gasteiger partial charge in [-0.25, -0.2) is 0 Å². The Balaban J connectivity index is 2.45. The lowest BCUT2D eigenvalue weighted by Gasteiger charge is -1.90. The van der Waals surface area contributed by atoms with E-state index in [9.17, 15) is 4.79 Å². The number of carbonyl (C=O) groups is 1. The fraction of sp³-hybridized carbons (Fsp3) is 0.286. The third kappa shape index (κ3) is 2.14. The lowest BCUT2D eigenvalue weighted by molar-refractivity contribution is 0.0958. The molecule has 12 heavy (non-hydrogen) atoms. The van der Waals surface area contributed by atoms with E-state index in [1.165, 1.54) is 6.26 Å². The standard InChI is InChI=1S/C7H7N3O2/c8-10-9-4-3-6(11)7-2-1-5-12-7/h1-2,5H,3-4H2. The molecule has 0 spiro atoms. The topological polar surface area (TPSA) is 79.0 Å². The summed E-state index contributed by atoms with van der Waals surface area (Å²) in [5.74, 6) is 0.163. The summed E-state index contributed by atoms with van der Waals surface area (Å²) < 4.78 is 4.84. The van der Waals surface area contributed by atoms with Crippen LogP contribution in [0.25, 0.3) is 10.4 Å². The van der Waals surface area contributed by atoms with Gasteiger partial charge in [-0.15, -0.1) is 0 Å². The number of hydrogen-bond acceptors (Lipinski definition) is 3. The maximum atomic E-state index is 11.1. The van der Waals surface area contributed by atoms with E-state index in [1.54, 1.807) is 12.1 Å². The summed E-state index contributed by atoms with van der Waals surface area (Å²) in [6.07, 6.45) is 1.62. The van der Waals surface area contributed by atoms with E-state index in [1.807, 2.05) is 0 Å². The van der Waals surface area contributed by atoms with Gasteiger partial charge in [0.1, 0.15) is 0 Å². The molecule has 0 aliphatic heterocycles. The zero-order chi connectivity index (χ0) is 8.81. The Bertz CT molecular complexity index is 298. The third-order valence-electron chi connectivity index (χ3n) is 1.30. The molecule has 0 saturated carbocycles. The SMILES string of the molecule is [N-]=[N+]=NCCC(=O)c1ccco1. The van der Waals surface area contributed by atoms with Gasteiger partial charge in [0, 0.05) is 17.9 Å². The van der Waals surface area contributed by atoms with Crippen molar-refractivity contribution in [3.05, 3.63) is 34.6 Å². The predicted molar refractivity (Wildman–Crippen MR) is 41.7 cm³/mol. The minimum atomic E-state index is -0.146. The average Bonchev–Trinajstić information content (AvgIpc) is 2.56. The second-order valence-electron chi connectivity index (χ2n) is 2.10. The molecule has 0 N–H and O–H groups in total. The van der Waals surface area contributed by atoms with Gasteiger partial charge in [-0.1, -0.05) is 5.11 Å². The lowest BCUT2D eigenvalue weighted by Crippen LogP contribution is -1.98. The van der Waals surface area contributed by atoms with E-state index >= 15 is 0 Å². The van der Waals surface area contributed by atoms with Crippen molar-refractivity contribution >= 4 is 5.78 Å². The zero-order valence-corrected chi connectivity index (χ0v) is 6.30. The molecule has 0 aliphatic carbocycles. The number of furan rings is 1. The first-order chi connectivity index (χ1) is 5.84. The molecule has 1 aromatic rings. The molecule has 0 amide bonds. The van der Waals surface area contributed by atoms with Gasteiger partial charge < -0.3 is 4.42 Å². The smallest absolute Gasteiger partial charge is 0.198 e. The van der Waals surface area contributed by atoms with Crippen molar-refractivity contribution in [3.63, 3.8) is 0 Å². The Hall–Kier alpha value is -1.74. The molecule has 1 heterocycles. The second kappa shape index (κ2) is 4.20. The van der Waals surface area contributed by atoms with Gasteiger partial charge >= 0.3 is 0 Å². The molecule has 0 fully saturated rings. The lowest BCUT2D eigenvalue weighted by atomic mass is 10.2. The van der Waals surface area contributed by atoms with Crippen LogP contribution in [-0.2, 0) is 0 Å². The van der Waals surface area contributed by atoms with Crippen molar-refractivity contribution in [3.8, 4) is 0 Å². The molecule has 5 nitrogen and oxygen atoms in total. The molecule has 0 radical (unpaired) electrons. The highest BCUT2D eigenvalue weighted by Gasteiger charge is 2.06. The summed E-state index contributed by atoms with van der Waals surface area (Å²) in [7, 11) is 0. The Morgan fingerprint density at radius 2 is 2.58 bits per heavy atom. The first-order valence-corrected chi connectivity index (χ1v) is 3.42. The molecule has 0 aromatic carbocycles. The molecule has 0 bridgehead atoms. The van der Waals surface area contributed by atoms with Gasteiger partial charge in [-0.05, 0) is 17.7 Å². The second-order valence-corrected chi connectivity index (χ2v) is 2.10. The van der Waals surface area contributed by atoms with Crippen LogP contribution < -0.4 is 0 Å². The number of ketones is 1. The van der Waals surface area contributed by atoms with E-state index in [0.717, 1.165) is 0 Å². The minimum absolute atomic E-state index is 0.146. The maximum Gasteiger partial charge on any atom is 0.198 e. The predicted octanol–water partition coefficient (Wildman–Crippen LogP) is 2.16. The van der Waals surface area contributed by atoms with Crippen LogP contribution in [0.1, 0.15) is 17.0 Å². The molecule has 0 aliphatic rings. The van der Waals surface area contributed by atoms with Gasteiger partial charge in [-0.3, -0.25) is 4.79 Å². The Kier molecular flexibility index (Phi) is 2.93. The third-order valence-corrected chi connectivity index (χ3v) is 1.30. The summed E-state index contributed by atoms with van der Waals surface area (Å²) in [6, 6.07) is 3.22. The van der Waals surface area contributed by atoms with Gasteiger partial charge in [0.2, 0.25) is 0 Å². The van der Waals surface area contributed by atoms with E-state index in [0.29, 0.717) is 5.76 Å². The van der Waals surface area contributed by atoms with Crippen LogP contribution in [0.15, 0.2) is 27.9 Å². The number of carbonyl (C=O) groups excluding carboxylic acids is 1. The highest BCUT2D eigenvalue weighted by atomic mass is 16.3. The Morgan fingerprint density at radius 3 is 3.17 bits per heavy atom. The van der Waals surface area contributed by atoms with Crippen LogP contribution in [0.2, 0.25) is 0 Å². The zero-order valence-electron chi connectivity index (χ0n) is 6.30. The van der Waals surface area contributed by atoms with Crippen molar-refractivity contribution < 1.29 is 9.21 Å². The number of Topliss-reactive ketones (excluding diaryl/α,β-unsaturated/α-hetero) is 1. The molecule has 0 saturated heterocycles. The van der Waals surface area contributed by atoms with Gasteiger partial charge in [0.05, 0.1) is 6.26 Å². The molecule has 0 atom stereocenters. The summed E-state index contributed by atoms with van der Waals surface area (Å²) in [5, 5.41) is 3.24. The normalized spacial score (nSPS) is 9.00. The number of nitrogens with zero attached hydrogens (tertiary/aromatic N) is 3. The van der Waals surface area contributed by atoms with Crippen LogP contribution in [0.5, 0.6) is 0 Å². The molecule has 5 heteroatoms. The highest BCUT2D eigenvalue weighted by Crippen LogP contribution is 2.03. The quantitative estimate of drug-likeness (QED) is 0.296. The molecule has 1 rings (SSSR count). The number of hydrogen-bond donors (Lipinski definition) is 0. The van der Waals surface area contributed by atoms with Crippen molar-refractivity contribution in [1.82, 2.24) is 0 Å². The minimum Gasteiger partial charge on any atom is -0.461 e. The average molecular weight is 165 g/mol. The van der Waals surface area contributed by atoms with Crippen molar-refractivity contribution in [2.24, 2.45) is 5.11 Å². The van der Waals surface area contributed by atoms with Gasteiger partial charge in [-0.2, -0.15) is 0 Å². The molecule has 0 unspecified atom stereocenters. The van der Waals surface area contributed by atoms with Crippen LogP contribution in [-0.4, -0.2) is 12.3 Å². The van der Waals surface area contributed by atoms with Crippen LogP contribution >= 0.6 is 0 Å². The van der Waals surface area contributed by atoms with Gasteiger partial charge in [0.25, 0.3) is 0 Å². The molecular formula is C7H7N3O2. The molecular weight excluding hydrogens is 158 g/mol. The monoisotopic (exact) mass is 165 g/mol. The fourth-order valence-electron chi connectivity index (χ4n) is 0.757. The highest BCUT2D eigenvalue weighted by molar-refractivity contribution is 5.93. The van der Waals surface area contributed by atoms with Crippen molar-refractivity contribution in [2.45, 2.75) is 6.42 Å². The van der Waals surface area contributed by atoms with E-state index in [-0.39, 0.29) is 18.7 Å². The largest absolute Gasteiger partial charge is 0.461 e. The summed E-state index contributed by atoms with van der Waals surface area (Å²) in [5.41, 5.74) is 7.93. The first kappa shape index (κ1) is 8.36. The van der Waals surface area contributed by atoms with E-state index in [4.69, 9.17) is 9.95 Å². The van der Waals surface area contributed by atoms with Crippen LogP contribution in [0.3, 0.4) is 0 Å². The fourth-order valence-corrected chi connectivity index (χ4v) is 0.757. The van der Waals surface area contributed by atoms with Crippen LogP contribution in [0, 0.1) is 0 Å². The maximum absolute atomic E-state index is 11.1.